The van der Waals surface area contributed by atoms with Crippen LogP contribution in [0.3, 0.4) is 0 Å². The average Bonchev–Trinajstić information content (AvgIpc) is 0. The summed E-state index contributed by atoms with van der Waals surface area (Å²) < 4.78 is 0. The molecule has 0 heterocycles. The zero-order valence-electron chi connectivity index (χ0n) is 4.15. The van der Waals surface area contributed by atoms with Gasteiger partial charge in [0.15, 0.2) is 0 Å². The summed E-state index contributed by atoms with van der Waals surface area (Å²) in [5.74, 6) is 0. The van der Waals surface area contributed by atoms with Gasteiger partial charge in [-0.15, -0.1) is 0 Å². The molecule has 1 radical (unpaired) electrons. The molecule has 0 aromatic rings. The Balaban J connectivity index is 0. The molecule has 0 unspecified atom stereocenters. The normalized spacial score (nSPS) is 0. The average molecular weight is 223 g/mol. The molecule has 0 saturated carbocycles. The second-order valence-corrected chi connectivity index (χ2v) is 0. The van der Waals surface area contributed by atoms with Gasteiger partial charge in [0.1, 0.15) is 0 Å². The van der Waals surface area contributed by atoms with E-state index in [0.29, 0.717) is 0 Å². The molecule has 0 aromatic carbocycles. The van der Waals surface area contributed by atoms with Crippen LogP contribution in [0.25, 0.3) is 0 Å². The summed E-state index contributed by atoms with van der Waals surface area (Å²) in [6.45, 7) is 0. The Labute approximate surface area is 86.2 Å². The van der Waals surface area contributed by atoms with E-state index in [1.807, 2.05) is 0 Å². The Morgan fingerprint density at radius 1 is 0.600 bits per heavy atom. The topological polar surface area (TPSA) is 0 Å². The van der Waals surface area contributed by atoms with Crippen molar-refractivity contribution in [3.63, 3.8) is 0 Å². The quantitative estimate of drug-likeness (QED) is 0.543. The molecule has 5 heavy (non-hydrogen) atoms. The van der Waals surface area contributed by atoms with E-state index in [-0.39, 0.29) is 87.7 Å². The van der Waals surface area contributed by atoms with Crippen LogP contribution in [-0.4, -0.2) is 0 Å². The van der Waals surface area contributed by atoms with Crippen LogP contribution in [0.4, 0.5) is 0 Å². The van der Waals surface area contributed by atoms with Gasteiger partial charge in [-0.05, 0) is 0 Å². The van der Waals surface area contributed by atoms with Crippen LogP contribution < -0.4 is 0 Å². The summed E-state index contributed by atoms with van der Waals surface area (Å²) in [4.78, 5) is 0. The van der Waals surface area contributed by atoms with E-state index in [9.17, 15) is 0 Å². The summed E-state index contributed by atoms with van der Waals surface area (Å²) in [5, 5.41) is 0. The van der Waals surface area contributed by atoms with Crippen molar-refractivity contribution in [2.24, 2.45) is 0 Å². The van der Waals surface area contributed by atoms with Gasteiger partial charge in [-0.2, -0.15) is 0 Å². The van der Waals surface area contributed by atoms with Crippen LogP contribution in [0.15, 0.2) is 0 Å². The zero-order chi connectivity index (χ0) is 0. The second kappa shape index (κ2) is 34.5. The van der Waals surface area contributed by atoms with Crippen molar-refractivity contribution in [2.45, 2.75) is 0 Å². The molecule has 0 bridgehead atoms. The van der Waals surface area contributed by atoms with Gasteiger partial charge in [-0.25, -0.2) is 0 Å². The Hall–Kier alpha value is 2.21. The zero-order valence-corrected chi connectivity index (χ0v) is 9.83. The third kappa shape index (κ3) is 22.5. The van der Waals surface area contributed by atoms with Gasteiger partial charge in [0.2, 0.25) is 0 Å². The minimum absolute atomic E-state index is 0. The molecule has 0 spiro atoms. The minimum Gasteiger partial charge on any atom is -0.358 e. The monoisotopic (exact) mass is 223 g/mol. The van der Waals surface area contributed by atoms with Crippen LogP contribution in [0.5, 0.6) is 0 Å². The first-order valence-corrected chi connectivity index (χ1v) is 0. The van der Waals surface area contributed by atoms with Gasteiger partial charge < -0.3 is 22.3 Å². The number of rotatable bonds is 0. The summed E-state index contributed by atoms with van der Waals surface area (Å²) in [6, 6.07) is 0. The van der Waals surface area contributed by atoms with Crippen molar-refractivity contribution in [1.82, 2.24) is 0 Å². The molecule has 0 saturated heterocycles. The van der Waals surface area contributed by atoms with Crippen LogP contribution >= 0.6 is 0 Å². The van der Waals surface area contributed by atoms with Gasteiger partial charge in [-0.1, -0.05) is 0 Å². The van der Waals surface area contributed by atoms with Gasteiger partial charge in [-0.3, -0.25) is 0 Å². The maximum absolute atomic E-state index is 0. The maximum Gasteiger partial charge on any atom is 3.00 e. The first kappa shape index (κ1) is 57.0. The van der Waals surface area contributed by atoms with Crippen LogP contribution in [-0.2, 0) is 65.4 Å². The smallest absolute Gasteiger partial charge is 0.358 e. The number of hydrogen-bond donors (Lipinski definition) is 0. The van der Waals surface area contributed by atoms with Gasteiger partial charge in [0.05, 0.1) is 0 Å². The molecule has 0 aliphatic heterocycles. The molecule has 2 heteroatoms. The largest absolute Gasteiger partial charge is 3.00 e. The molecular formula is C3H9Y2. The van der Waals surface area contributed by atoms with Crippen LogP contribution in [0.1, 0.15) is 0 Å². The molecule has 0 amide bonds. The van der Waals surface area contributed by atoms with E-state index >= 15 is 0 Å². The van der Waals surface area contributed by atoms with Gasteiger partial charge in [0.25, 0.3) is 0 Å². The second-order valence-electron chi connectivity index (χ2n) is 0. The summed E-state index contributed by atoms with van der Waals surface area (Å²) in [5.41, 5.74) is 0. The van der Waals surface area contributed by atoms with Crippen molar-refractivity contribution in [3.8, 4) is 0 Å². The Morgan fingerprint density at radius 2 is 0.600 bits per heavy atom. The SMILES string of the molecule is [CH3-].[CH3-].[CH3-].[Y+3].[Y]. The summed E-state index contributed by atoms with van der Waals surface area (Å²) in [6.07, 6.45) is 0. The van der Waals surface area contributed by atoms with E-state index in [2.05, 4.69) is 0 Å². The number of hydrogen-bond acceptors (Lipinski definition) is 0. The van der Waals surface area contributed by atoms with Crippen molar-refractivity contribution < 1.29 is 65.4 Å². The van der Waals surface area contributed by atoms with Gasteiger partial charge >= 0.3 is 32.7 Å². The molecule has 0 aliphatic carbocycles. The summed E-state index contributed by atoms with van der Waals surface area (Å²) >= 11 is 0. The van der Waals surface area contributed by atoms with Crippen LogP contribution in [0, 0.1) is 22.3 Å². The maximum atomic E-state index is 0. The molecular weight excluding hydrogens is 214 g/mol. The molecule has 0 aliphatic rings. The fourth-order valence-corrected chi connectivity index (χ4v) is 0. The van der Waals surface area contributed by atoms with Crippen molar-refractivity contribution in [3.05, 3.63) is 22.3 Å². The third-order valence-corrected chi connectivity index (χ3v) is 0. The minimum atomic E-state index is 0. The van der Waals surface area contributed by atoms with E-state index in [0.717, 1.165) is 0 Å². The Kier molecular flexibility index (Phi) is 394. The predicted molar refractivity (Wildman–Crippen MR) is 19.2 cm³/mol. The first-order valence-electron chi connectivity index (χ1n) is 0. The molecule has 0 N–H and O–H groups in total. The third-order valence-electron chi connectivity index (χ3n) is 0. The fourth-order valence-electron chi connectivity index (χ4n) is 0. The van der Waals surface area contributed by atoms with Crippen molar-refractivity contribution in [1.29, 1.82) is 0 Å². The van der Waals surface area contributed by atoms with E-state index in [1.54, 1.807) is 0 Å². The molecule has 0 atom stereocenters. The van der Waals surface area contributed by atoms with Crippen molar-refractivity contribution >= 4 is 0 Å². The Morgan fingerprint density at radius 3 is 0.600 bits per heavy atom. The van der Waals surface area contributed by atoms with Crippen LogP contribution in [0.2, 0.25) is 0 Å². The van der Waals surface area contributed by atoms with E-state index in [4.69, 9.17) is 0 Å². The first-order chi connectivity index (χ1) is 0. The molecule has 0 nitrogen and oxygen atoms in total. The van der Waals surface area contributed by atoms with E-state index in [1.165, 1.54) is 0 Å². The molecule has 0 aromatic heterocycles. The van der Waals surface area contributed by atoms with Gasteiger partial charge in [0, 0.05) is 32.7 Å². The standard InChI is InChI=1S/3CH3.2Y/h3*1H3;;/q3*-1;;+3. The predicted octanol–water partition coefficient (Wildman–Crippen LogP) is 1.35. The Bertz CT molecular complexity index is 4.85. The molecule has 0 fully saturated rings. The molecule has 27 valence electrons. The van der Waals surface area contributed by atoms with Crippen molar-refractivity contribution in [2.75, 3.05) is 0 Å². The van der Waals surface area contributed by atoms with E-state index < -0.39 is 0 Å². The fraction of sp³-hybridized carbons (Fsp3) is 0. The molecule has 0 rings (SSSR count). The summed E-state index contributed by atoms with van der Waals surface area (Å²) in [7, 11) is 0.